The number of methoxy groups -OCH3 is 1. The summed E-state index contributed by atoms with van der Waals surface area (Å²) in [5, 5.41) is 17.7. The average Bonchev–Trinajstić information content (AvgIpc) is 3.12. The van der Waals surface area contributed by atoms with Crippen LogP contribution >= 0.6 is 0 Å². The lowest BCUT2D eigenvalue weighted by molar-refractivity contribution is 0.0952. The maximum absolute atomic E-state index is 12.2. The number of amides is 1. The van der Waals surface area contributed by atoms with Crippen LogP contribution in [-0.4, -0.2) is 70.0 Å². The fraction of sp³-hybridized carbons (Fsp3) is 0.300. The summed E-state index contributed by atoms with van der Waals surface area (Å²) in [5.41, 5.74) is 1.69. The van der Waals surface area contributed by atoms with E-state index in [1.165, 1.54) is 24.2 Å². The predicted octanol–water partition coefficient (Wildman–Crippen LogP) is 1.72. The van der Waals surface area contributed by atoms with E-state index in [0.29, 0.717) is 34.9 Å². The predicted molar refractivity (Wildman–Crippen MR) is 108 cm³/mol. The van der Waals surface area contributed by atoms with Gasteiger partial charge in [-0.1, -0.05) is 0 Å². The van der Waals surface area contributed by atoms with Crippen LogP contribution in [0.2, 0.25) is 0 Å². The van der Waals surface area contributed by atoms with Gasteiger partial charge in [0.1, 0.15) is 0 Å². The molecule has 9 nitrogen and oxygen atoms in total. The van der Waals surface area contributed by atoms with Gasteiger partial charge in [-0.2, -0.15) is 9.78 Å². The third-order valence-corrected chi connectivity index (χ3v) is 4.29. The molecule has 3 aromatic heterocycles. The van der Waals surface area contributed by atoms with Gasteiger partial charge >= 0.3 is 0 Å². The molecule has 0 aliphatic carbocycles. The third-order valence-electron chi connectivity index (χ3n) is 4.29. The Balaban J connectivity index is 1.72. The maximum Gasteiger partial charge on any atom is 0.252 e. The molecule has 3 heterocycles. The molecule has 0 saturated heterocycles. The van der Waals surface area contributed by atoms with Gasteiger partial charge in [-0.25, -0.2) is 9.97 Å². The molecule has 2 N–H and O–H groups in total. The van der Waals surface area contributed by atoms with Gasteiger partial charge in [-0.3, -0.25) is 4.79 Å². The molecule has 0 fully saturated rings. The number of aromatic nitrogens is 4. The summed E-state index contributed by atoms with van der Waals surface area (Å²) in [5.74, 6) is 0.594. The number of nitrogens with one attached hydrogen (secondary N) is 1. The van der Waals surface area contributed by atoms with Gasteiger partial charge in [0.25, 0.3) is 5.91 Å². The molecule has 0 spiro atoms. The molecule has 152 valence electrons. The van der Waals surface area contributed by atoms with E-state index >= 15 is 0 Å². The van der Waals surface area contributed by atoms with Crippen molar-refractivity contribution >= 4 is 5.91 Å². The number of hydrogen-bond acceptors (Lipinski definition) is 7. The first kappa shape index (κ1) is 20.3. The molecule has 0 saturated carbocycles. The fourth-order valence-electron chi connectivity index (χ4n) is 2.75. The van der Waals surface area contributed by atoms with Crippen molar-refractivity contribution in [3.05, 3.63) is 48.4 Å². The summed E-state index contributed by atoms with van der Waals surface area (Å²) in [4.78, 5) is 22.6. The molecule has 0 aliphatic rings. The van der Waals surface area contributed by atoms with E-state index in [4.69, 9.17) is 4.74 Å². The fourth-order valence-corrected chi connectivity index (χ4v) is 2.75. The van der Waals surface area contributed by atoms with Crippen molar-refractivity contribution in [2.75, 3.05) is 34.3 Å². The van der Waals surface area contributed by atoms with Crippen LogP contribution in [0.25, 0.3) is 16.9 Å². The van der Waals surface area contributed by atoms with Gasteiger partial charge in [0.15, 0.2) is 5.82 Å². The van der Waals surface area contributed by atoms with Gasteiger partial charge in [-0.15, -0.1) is 0 Å². The van der Waals surface area contributed by atoms with Gasteiger partial charge in [-0.05, 0) is 50.8 Å². The van der Waals surface area contributed by atoms with E-state index in [1.54, 1.807) is 30.5 Å². The highest BCUT2D eigenvalue weighted by Crippen LogP contribution is 2.31. The van der Waals surface area contributed by atoms with Crippen LogP contribution < -0.4 is 10.1 Å². The van der Waals surface area contributed by atoms with Crippen molar-refractivity contribution in [1.29, 1.82) is 0 Å². The Morgan fingerprint density at radius 1 is 1.24 bits per heavy atom. The standard InChI is InChI=1S/C20H24N6O3/c1-25(2)10-4-8-22-19(27)15-5-6-17(23-12-15)26-20(28)16(13-24-26)14-7-9-21-18(11-14)29-3/h5-7,9,11-13,28H,4,8,10H2,1-3H3,(H,22,27). The Hall–Kier alpha value is -3.46. The normalized spacial score (nSPS) is 10.9. The second kappa shape index (κ2) is 9.16. The van der Waals surface area contributed by atoms with Crippen molar-refractivity contribution in [1.82, 2.24) is 30.0 Å². The molecular weight excluding hydrogens is 372 g/mol. The van der Waals surface area contributed by atoms with Crippen molar-refractivity contribution in [2.24, 2.45) is 0 Å². The highest BCUT2D eigenvalue weighted by Gasteiger charge is 2.15. The molecular formula is C20H24N6O3. The second-order valence-electron chi connectivity index (χ2n) is 6.70. The van der Waals surface area contributed by atoms with Gasteiger partial charge in [0.2, 0.25) is 11.8 Å². The molecule has 3 aromatic rings. The van der Waals surface area contributed by atoms with Crippen LogP contribution in [0.15, 0.2) is 42.9 Å². The van der Waals surface area contributed by atoms with Crippen molar-refractivity contribution in [3.63, 3.8) is 0 Å². The molecule has 0 radical (unpaired) electrons. The Morgan fingerprint density at radius 3 is 2.76 bits per heavy atom. The van der Waals surface area contributed by atoms with Crippen molar-refractivity contribution in [2.45, 2.75) is 6.42 Å². The molecule has 3 rings (SSSR count). The second-order valence-corrected chi connectivity index (χ2v) is 6.70. The van der Waals surface area contributed by atoms with Gasteiger partial charge < -0.3 is 20.1 Å². The van der Waals surface area contributed by atoms with E-state index in [1.807, 2.05) is 14.1 Å². The monoisotopic (exact) mass is 396 g/mol. The van der Waals surface area contributed by atoms with Crippen LogP contribution in [0, 0.1) is 0 Å². The summed E-state index contributed by atoms with van der Waals surface area (Å²) in [6.45, 7) is 1.50. The number of carbonyl (C=O) groups is 1. The summed E-state index contributed by atoms with van der Waals surface area (Å²) in [6.07, 6.45) is 5.47. The van der Waals surface area contributed by atoms with Crippen LogP contribution in [0.5, 0.6) is 11.8 Å². The van der Waals surface area contributed by atoms with E-state index in [0.717, 1.165) is 13.0 Å². The molecule has 0 aromatic carbocycles. The lowest BCUT2D eigenvalue weighted by atomic mass is 10.1. The smallest absolute Gasteiger partial charge is 0.252 e. The maximum atomic E-state index is 12.2. The van der Waals surface area contributed by atoms with Crippen LogP contribution in [-0.2, 0) is 0 Å². The number of nitrogens with zero attached hydrogens (tertiary/aromatic N) is 5. The Bertz CT molecular complexity index is 969. The number of pyridine rings is 2. The topological polar surface area (TPSA) is 105 Å². The lowest BCUT2D eigenvalue weighted by Crippen LogP contribution is -2.27. The van der Waals surface area contributed by atoms with Crippen LogP contribution in [0.1, 0.15) is 16.8 Å². The number of hydrogen-bond donors (Lipinski definition) is 2. The Morgan fingerprint density at radius 2 is 2.07 bits per heavy atom. The zero-order valence-corrected chi connectivity index (χ0v) is 16.7. The highest BCUT2D eigenvalue weighted by atomic mass is 16.5. The van der Waals surface area contributed by atoms with E-state index in [9.17, 15) is 9.90 Å². The Kier molecular flexibility index (Phi) is 6.40. The zero-order valence-electron chi connectivity index (χ0n) is 16.7. The van der Waals surface area contributed by atoms with Gasteiger partial charge in [0, 0.05) is 25.0 Å². The van der Waals surface area contributed by atoms with E-state index in [2.05, 4.69) is 25.3 Å². The highest BCUT2D eigenvalue weighted by molar-refractivity contribution is 5.93. The molecule has 29 heavy (non-hydrogen) atoms. The summed E-state index contributed by atoms with van der Waals surface area (Å²) in [6, 6.07) is 6.75. The number of ether oxygens (including phenoxy) is 1. The number of aromatic hydroxyl groups is 1. The molecule has 0 atom stereocenters. The quantitative estimate of drug-likeness (QED) is 0.559. The first-order valence-electron chi connectivity index (χ1n) is 9.16. The zero-order chi connectivity index (χ0) is 20.8. The minimum atomic E-state index is -0.183. The van der Waals surface area contributed by atoms with Crippen LogP contribution in [0.3, 0.4) is 0 Å². The molecule has 0 unspecified atom stereocenters. The molecule has 0 bridgehead atoms. The lowest BCUT2D eigenvalue weighted by Gasteiger charge is -2.10. The first-order chi connectivity index (χ1) is 14.0. The van der Waals surface area contributed by atoms with E-state index < -0.39 is 0 Å². The summed E-state index contributed by atoms with van der Waals surface area (Å²) >= 11 is 0. The third kappa shape index (κ3) is 4.88. The van der Waals surface area contributed by atoms with Gasteiger partial charge in [0.05, 0.1) is 24.4 Å². The molecule has 9 heteroatoms. The first-order valence-corrected chi connectivity index (χ1v) is 9.16. The minimum absolute atomic E-state index is 0.0633. The van der Waals surface area contributed by atoms with Crippen molar-refractivity contribution < 1.29 is 14.6 Å². The SMILES string of the molecule is COc1cc(-c2cnn(-c3ccc(C(=O)NCCCN(C)C)cn3)c2O)ccn1. The molecule has 0 aliphatic heterocycles. The summed E-state index contributed by atoms with van der Waals surface area (Å²) in [7, 11) is 5.51. The van der Waals surface area contributed by atoms with E-state index in [-0.39, 0.29) is 11.8 Å². The number of rotatable bonds is 8. The minimum Gasteiger partial charge on any atom is -0.493 e. The largest absolute Gasteiger partial charge is 0.493 e. The summed E-state index contributed by atoms with van der Waals surface area (Å²) < 4.78 is 6.42. The van der Waals surface area contributed by atoms with Crippen molar-refractivity contribution in [3.8, 4) is 28.7 Å². The molecule has 1 amide bonds. The average molecular weight is 396 g/mol. The number of carbonyl (C=O) groups excluding carboxylic acids is 1. The Labute approximate surface area is 169 Å². The van der Waals surface area contributed by atoms with Crippen LogP contribution in [0.4, 0.5) is 0 Å².